The van der Waals surface area contributed by atoms with Crippen molar-refractivity contribution in [3.63, 3.8) is 0 Å². The van der Waals surface area contributed by atoms with Gasteiger partial charge in [-0.05, 0) is 32.7 Å². The SMILES string of the molecule is CC1NCCC1C(=O)N(C)C1CC1. The van der Waals surface area contributed by atoms with Crippen LogP contribution in [0.3, 0.4) is 0 Å². The van der Waals surface area contributed by atoms with E-state index in [1.165, 1.54) is 12.8 Å². The largest absolute Gasteiger partial charge is 0.342 e. The van der Waals surface area contributed by atoms with Crippen molar-refractivity contribution in [3.8, 4) is 0 Å². The van der Waals surface area contributed by atoms with Gasteiger partial charge in [-0.3, -0.25) is 4.79 Å². The maximum Gasteiger partial charge on any atom is 0.227 e. The number of hydrogen-bond donors (Lipinski definition) is 1. The van der Waals surface area contributed by atoms with Crippen LogP contribution in [0.4, 0.5) is 0 Å². The van der Waals surface area contributed by atoms with E-state index in [0.717, 1.165) is 13.0 Å². The van der Waals surface area contributed by atoms with Crippen molar-refractivity contribution in [1.29, 1.82) is 0 Å². The van der Waals surface area contributed by atoms with Crippen LogP contribution in [-0.4, -0.2) is 36.5 Å². The first-order valence-corrected chi connectivity index (χ1v) is 5.20. The van der Waals surface area contributed by atoms with E-state index >= 15 is 0 Å². The van der Waals surface area contributed by atoms with Crippen molar-refractivity contribution >= 4 is 5.91 Å². The summed E-state index contributed by atoms with van der Waals surface area (Å²) in [6.07, 6.45) is 3.42. The van der Waals surface area contributed by atoms with E-state index in [9.17, 15) is 4.79 Å². The van der Waals surface area contributed by atoms with Crippen LogP contribution in [0.5, 0.6) is 0 Å². The van der Waals surface area contributed by atoms with Crippen molar-refractivity contribution in [2.45, 2.75) is 38.3 Å². The molecule has 3 nitrogen and oxygen atoms in total. The maximum absolute atomic E-state index is 11.9. The molecule has 2 unspecified atom stereocenters. The van der Waals surface area contributed by atoms with Gasteiger partial charge in [0.2, 0.25) is 5.91 Å². The Balaban J connectivity index is 1.94. The van der Waals surface area contributed by atoms with Crippen LogP contribution >= 0.6 is 0 Å². The van der Waals surface area contributed by atoms with Crippen LogP contribution in [0.2, 0.25) is 0 Å². The van der Waals surface area contributed by atoms with Gasteiger partial charge < -0.3 is 10.2 Å². The second-order valence-electron chi connectivity index (χ2n) is 4.32. The third kappa shape index (κ3) is 1.70. The third-order valence-electron chi connectivity index (χ3n) is 3.28. The van der Waals surface area contributed by atoms with Crippen molar-refractivity contribution in [2.75, 3.05) is 13.6 Å². The Kier molecular flexibility index (Phi) is 2.28. The average Bonchev–Trinajstić information content (AvgIpc) is 2.87. The minimum absolute atomic E-state index is 0.227. The zero-order valence-corrected chi connectivity index (χ0v) is 8.42. The molecule has 1 saturated heterocycles. The lowest BCUT2D eigenvalue weighted by Gasteiger charge is -2.22. The third-order valence-corrected chi connectivity index (χ3v) is 3.28. The van der Waals surface area contributed by atoms with Crippen LogP contribution in [-0.2, 0) is 4.79 Å². The lowest BCUT2D eigenvalue weighted by atomic mass is 10.0. The number of nitrogens with one attached hydrogen (secondary N) is 1. The first-order valence-electron chi connectivity index (χ1n) is 5.20. The number of carbonyl (C=O) groups is 1. The zero-order chi connectivity index (χ0) is 9.42. The zero-order valence-electron chi connectivity index (χ0n) is 8.42. The highest BCUT2D eigenvalue weighted by atomic mass is 16.2. The normalized spacial score (nSPS) is 33.4. The fourth-order valence-corrected chi connectivity index (χ4v) is 2.10. The monoisotopic (exact) mass is 182 g/mol. The van der Waals surface area contributed by atoms with Gasteiger partial charge in [-0.15, -0.1) is 0 Å². The Labute approximate surface area is 79.5 Å². The molecule has 2 rings (SSSR count). The van der Waals surface area contributed by atoms with Gasteiger partial charge in [0.25, 0.3) is 0 Å². The number of nitrogens with zero attached hydrogens (tertiary/aromatic N) is 1. The Morgan fingerprint density at radius 2 is 2.08 bits per heavy atom. The molecule has 0 radical (unpaired) electrons. The molecule has 2 fully saturated rings. The average molecular weight is 182 g/mol. The molecule has 0 aromatic heterocycles. The predicted molar refractivity (Wildman–Crippen MR) is 51.4 cm³/mol. The Bertz CT molecular complexity index is 213. The summed E-state index contributed by atoms with van der Waals surface area (Å²) in [4.78, 5) is 13.9. The van der Waals surface area contributed by atoms with Crippen LogP contribution in [0.1, 0.15) is 26.2 Å². The molecule has 2 atom stereocenters. The van der Waals surface area contributed by atoms with Crippen LogP contribution in [0.15, 0.2) is 0 Å². The molecule has 0 aromatic carbocycles. The van der Waals surface area contributed by atoms with Crippen LogP contribution < -0.4 is 5.32 Å². The predicted octanol–water partition coefficient (Wildman–Crippen LogP) is 0.605. The summed E-state index contributed by atoms with van der Waals surface area (Å²) in [5, 5.41) is 3.32. The molecule has 1 N–H and O–H groups in total. The summed E-state index contributed by atoms with van der Waals surface area (Å²) >= 11 is 0. The van der Waals surface area contributed by atoms with Gasteiger partial charge in [0.15, 0.2) is 0 Å². The molecule has 3 heteroatoms. The highest BCUT2D eigenvalue weighted by Gasteiger charge is 2.36. The molecular formula is C10H18N2O. The van der Waals surface area contributed by atoms with E-state index < -0.39 is 0 Å². The standard InChI is InChI=1S/C10H18N2O/c1-7-9(5-6-11-7)10(13)12(2)8-3-4-8/h7-9,11H,3-6H2,1-2H3. The maximum atomic E-state index is 11.9. The van der Waals surface area contributed by atoms with Gasteiger partial charge in [-0.2, -0.15) is 0 Å². The summed E-state index contributed by atoms with van der Waals surface area (Å²) in [5.74, 6) is 0.575. The highest BCUT2D eigenvalue weighted by molar-refractivity contribution is 5.80. The molecule has 2 aliphatic rings. The van der Waals surface area contributed by atoms with Gasteiger partial charge in [0.05, 0.1) is 5.92 Å². The molecule has 0 aromatic rings. The van der Waals surface area contributed by atoms with Crippen molar-refractivity contribution in [2.24, 2.45) is 5.92 Å². The first-order chi connectivity index (χ1) is 6.20. The van der Waals surface area contributed by atoms with Gasteiger partial charge >= 0.3 is 0 Å². The van der Waals surface area contributed by atoms with Crippen molar-refractivity contribution in [1.82, 2.24) is 10.2 Å². The molecule has 1 aliphatic carbocycles. The fourth-order valence-electron chi connectivity index (χ4n) is 2.10. The lowest BCUT2D eigenvalue weighted by Crippen LogP contribution is -2.39. The minimum Gasteiger partial charge on any atom is -0.342 e. The van der Waals surface area contributed by atoms with Crippen molar-refractivity contribution in [3.05, 3.63) is 0 Å². The summed E-state index contributed by atoms with van der Waals surface area (Å²) in [6.45, 7) is 3.10. The van der Waals surface area contributed by atoms with Gasteiger partial charge in [0, 0.05) is 19.1 Å². The number of rotatable bonds is 2. The topological polar surface area (TPSA) is 32.3 Å². The van der Waals surface area contributed by atoms with Gasteiger partial charge in [0.1, 0.15) is 0 Å². The second kappa shape index (κ2) is 3.29. The van der Waals surface area contributed by atoms with Crippen LogP contribution in [0, 0.1) is 5.92 Å². The molecule has 1 amide bonds. The van der Waals surface area contributed by atoms with Crippen molar-refractivity contribution < 1.29 is 4.79 Å². The Hall–Kier alpha value is -0.570. The minimum atomic E-state index is 0.227. The van der Waals surface area contributed by atoms with E-state index in [4.69, 9.17) is 0 Å². The number of amides is 1. The van der Waals surface area contributed by atoms with E-state index in [1.54, 1.807) is 0 Å². The Morgan fingerprint density at radius 1 is 1.38 bits per heavy atom. The summed E-state index contributed by atoms with van der Waals surface area (Å²) in [6, 6.07) is 0.925. The lowest BCUT2D eigenvalue weighted by molar-refractivity contribution is -0.134. The van der Waals surface area contributed by atoms with Crippen LogP contribution in [0.25, 0.3) is 0 Å². The smallest absolute Gasteiger partial charge is 0.227 e. The molecule has 1 saturated carbocycles. The molecule has 1 aliphatic heterocycles. The molecular weight excluding hydrogens is 164 g/mol. The van der Waals surface area contributed by atoms with E-state index in [0.29, 0.717) is 18.0 Å². The fraction of sp³-hybridized carbons (Fsp3) is 0.900. The summed E-state index contributed by atoms with van der Waals surface area (Å²) in [7, 11) is 1.95. The number of carbonyl (C=O) groups excluding carboxylic acids is 1. The molecule has 0 bridgehead atoms. The van der Waals surface area contributed by atoms with E-state index in [2.05, 4.69) is 12.2 Å². The van der Waals surface area contributed by atoms with E-state index in [1.807, 2.05) is 11.9 Å². The summed E-state index contributed by atoms with van der Waals surface area (Å²) in [5.41, 5.74) is 0. The quantitative estimate of drug-likeness (QED) is 0.678. The second-order valence-corrected chi connectivity index (χ2v) is 4.32. The molecule has 74 valence electrons. The van der Waals surface area contributed by atoms with E-state index in [-0.39, 0.29) is 5.92 Å². The first kappa shape index (κ1) is 9.00. The molecule has 1 heterocycles. The van der Waals surface area contributed by atoms with Gasteiger partial charge in [-0.1, -0.05) is 0 Å². The molecule has 13 heavy (non-hydrogen) atoms. The Morgan fingerprint density at radius 3 is 2.54 bits per heavy atom. The number of hydrogen-bond acceptors (Lipinski definition) is 2. The highest BCUT2D eigenvalue weighted by Crippen LogP contribution is 2.28. The summed E-state index contributed by atoms with van der Waals surface area (Å²) < 4.78 is 0. The van der Waals surface area contributed by atoms with Gasteiger partial charge in [-0.25, -0.2) is 0 Å². The molecule has 0 spiro atoms.